The van der Waals surface area contributed by atoms with E-state index in [9.17, 15) is 4.79 Å². The molecule has 0 unspecified atom stereocenters. The molecule has 0 aliphatic heterocycles. The Kier molecular flexibility index (Phi) is 3.71. The number of halogens is 1. The molecule has 2 N–H and O–H groups in total. The van der Waals surface area contributed by atoms with Gasteiger partial charge in [-0.2, -0.15) is 0 Å². The molecule has 3 nitrogen and oxygen atoms in total. The van der Waals surface area contributed by atoms with Crippen molar-refractivity contribution in [1.82, 2.24) is 4.98 Å². The lowest BCUT2D eigenvalue weighted by Gasteiger charge is -2.09. The van der Waals surface area contributed by atoms with Gasteiger partial charge in [-0.05, 0) is 55.7 Å². The molecule has 0 aliphatic rings. The Balaban J connectivity index is 2.53. The van der Waals surface area contributed by atoms with Crippen molar-refractivity contribution in [1.29, 1.82) is 0 Å². The molecule has 0 bridgehead atoms. The normalized spacial score (nSPS) is 10.5. The highest BCUT2D eigenvalue weighted by Crippen LogP contribution is 2.25. The Morgan fingerprint density at radius 3 is 2.32 bits per heavy atom. The Morgan fingerprint density at radius 2 is 1.74 bits per heavy atom. The van der Waals surface area contributed by atoms with Crippen molar-refractivity contribution in [3.8, 4) is 0 Å². The Hall–Kier alpha value is -1.68. The van der Waals surface area contributed by atoms with Gasteiger partial charge in [0.1, 0.15) is 5.82 Å². The molecular weight excluding hydrogens is 304 g/mol. The quantitative estimate of drug-likeness (QED) is 0.861. The van der Waals surface area contributed by atoms with Gasteiger partial charge in [0.2, 0.25) is 0 Å². The third-order valence-electron chi connectivity index (χ3n) is 3.00. The molecule has 1 aromatic carbocycles. The van der Waals surface area contributed by atoms with Crippen LogP contribution in [0.3, 0.4) is 0 Å². The number of benzene rings is 1. The van der Waals surface area contributed by atoms with Crippen LogP contribution in [0.15, 0.2) is 28.9 Å². The van der Waals surface area contributed by atoms with Crippen molar-refractivity contribution in [2.24, 2.45) is 0 Å². The van der Waals surface area contributed by atoms with Gasteiger partial charge in [-0.25, -0.2) is 4.98 Å². The molecule has 0 amide bonds. The molecule has 0 fully saturated rings. The fraction of sp³-hybridized carbons (Fsp3) is 0.200. The summed E-state index contributed by atoms with van der Waals surface area (Å²) < 4.78 is 1.03. The number of ketones is 1. The van der Waals surface area contributed by atoms with E-state index in [4.69, 9.17) is 5.73 Å². The van der Waals surface area contributed by atoms with Crippen molar-refractivity contribution in [2.75, 3.05) is 5.73 Å². The summed E-state index contributed by atoms with van der Waals surface area (Å²) in [6.45, 7) is 5.82. The van der Waals surface area contributed by atoms with Crippen LogP contribution in [0.4, 0.5) is 5.82 Å². The molecular formula is C15H15BrN2O. The maximum absolute atomic E-state index is 12.5. The van der Waals surface area contributed by atoms with Crippen LogP contribution in [0.25, 0.3) is 0 Å². The standard InChI is InChI=1S/C15H15BrN2O/c1-8-4-12(15(17)18-7-8)14(19)11-5-9(2)13(16)10(3)6-11/h4-7H,1-3H3,(H2,17,18). The van der Waals surface area contributed by atoms with Gasteiger partial charge in [-0.1, -0.05) is 15.9 Å². The number of aromatic nitrogens is 1. The number of hydrogen-bond acceptors (Lipinski definition) is 3. The number of carbonyl (C=O) groups excluding carboxylic acids is 1. The zero-order valence-corrected chi connectivity index (χ0v) is 12.7. The lowest BCUT2D eigenvalue weighted by atomic mass is 9.99. The van der Waals surface area contributed by atoms with E-state index in [0.717, 1.165) is 21.2 Å². The largest absolute Gasteiger partial charge is 0.383 e. The SMILES string of the molecule is Cc1cnc(N)c(C(=O)c2cc(C)c(Br)c(C)c2)c1. The van der Waals surface area contributed by atoms with Crippen molar-refractivity contribution in [2.45, 2.75) is 20.8 Å². The summed E-state index contributed by atoms with van der Waals surface area (Å²) in [7, 11) is 0. The van der Waals surface area contributed by atoms with E-state index in [1.165, 1.54) is 0 Å². The molecule has 1 aromatic heterocycles. The molecule has 4 heteroatoms. The highest BCUT2D eigenvalue weighted by molar-refractivity contribution is 9.10. The number of nitrogen functional groups attached to an aromatic ring is 1. The Morgan fingerprint density at radius 1 is 1.16 bits per heavy atom. The second-order valence-electron chi connectivity index (χ2n) is 4.70. The average Bonchev–Trinajstić information content (AvgIpc) is 2.37. The lowest BCUT2D eigenvalue weighted by molar-refractivity contribution is 0.103. The monoisotopic (exact) mass is 318 g/mol. The van der Waals surface area contributed by atoms with Crippen molar-refractivity contribution in [3.63, 3.8) is 0 Å². The molecule has 1 heterocycles. The summed E-state index contributed by atoms with van der Waals surface area (Å²) in [5, 5.41) is 0. The fourth-order valence-electron chi connectivity index (χ4n) is 1.99. The third-order valence-corrected chi connectivity index (χ3v) is 4.25. The summed E-state index contributed by atoms with van der Waals surface area (Å²) >= 11 is 3.50. The van der Waals surface area contributed by atoms with E-state index < -0.39 is 0 Å². The molecule has 2 rings (SSSR count). The number of anilines is 1. The minimum absolute atomic E-state index is 0.0904. The summed E-state index contributed by atoms with van der Waals surface area (Å²) in [5.41, 5.74) is 9.87. The predicted molar refractivity (Wildman–Crippen MR) is 80.4 cm³/mol. The van der Waals surface area contributed by atoms with Gasteiger partial charge < -0.3 is 5.73 Å². The topological polar surface area (TPSA) is 56.0 Å². The number of pyridine rings is 1. The minimum atomic E-state index is -0.0904. The number of nitrogens with two attached hydrogens (primary N) is 1. The van der Waals surface area contributed by atoms with Gasteiger partial charge in [0.05, 0.1) is 5.56 Å². The number of carbonyl (C=O) groups is 1. The van der Waals surface area contributed by atoms with Crippen molar-refractivity contribution < 1.29 is 4.79 Å². The molecule has 0 spiro atoms. The summed E-state index contributed by atoms with van der Waals surface area (Å²) in [6, 6.07) is 5.50. The molecule has 2 aromatic rings. The summed E-state index contributed by atoms with van der Waals surface area (Å²) in [6.07, 6.45) is 1.66. The van der Waals surface area contributed by atoms with Crippen LogP contribution < -0.4 is 5.73 Å². The first-order valence-electron chi connectivity index (χ1n) is 5.93. The van der Waals surface area contributed by atoms with E-state index in [1.54, 1.807) is 12.3 Å². The van der Waals surface area contributed by atoms with E-state index in [0.29, 0.717) is 11.1 Å². The molecule has 0 radical (unpaired) electrons. The Labute approximate surface area is 121 Å². The average molecular weight is 319 g/mol. The molecule has 98 valence electrons. The molecule has 0 saturated heterocycles. The first kappa shape index (κ1) is 13.7. The van der Waals surface area contributed by atoms with Gasteiger partial charge in [0, 0.05) is 16.2 Å². The summed E-state index contributed by atoms with van der Waals surface area (Å²) in [4.78, 5) is 16.5. The van der Waals surface area contributed by atoms with Crippen LogP contribution >= 0.6 is 15.9 Å². The third kappa shape index (κ3) is 2.68. The summed E-state index contributed by atoms with van der Waals surface area (Å²) in [5.74, 6) is 0.182. The molecule has 19 heavy (non-hydrogen) atoms. The van der Waals surface area contributed by atoms with Crippen LogP contribution in [0.2, 0.25) is 0 Å². The zero-order chi connectivity index (χ0) is 14.2. The van der Waals surface area contributed by atoms with Gasteiger partial charge >= 0.3 is 0 Å². The zero-order valence-electron chi connectivity index (χ0n) is 11.1. The molecule has 0 atom stereocenters. The van der Waals surface area contributed by atoms with E-state index >= 15 is 0 Å². The fourth-order valence-corrected chi connectivity index (χ4v) is 2.22. The van der Waals surface area contributed by atoms with Crippen LogP contribution in [-0.4, -0.2) is 10.8 Å². The van der Waals surface area contributed by atoms with Crippen LogP contribution in [0.5, 0.6) is 0 Å². The number of rotatable bonds is 2. The second-order valence-corrected chi connectivity index (χ2v) is 5.49. The minimum Gasteiger partial charge on any atom is -0.383 e. The van der Waals surface area contributed by atoms with E-state index in [2.05, 4.69) is 20.9 Å². The van der Waals surface area contributed by atoms with Gasteiger partial charge in [0.15, 0.2) is 5.78 Å². The van der Waals surface area contributed by atoms with Crippen LogP contribution in [0.1, 0.15) is 32.6 Å². The smallest absolute Gasteiger partial charge is 0.196 e. The van der Waals surface area contributed by atoms with Crippen LogP contribution in [-0.2, 0) is 0 Å². The van der Waals surface area contributed by atoms with E-state index in [-0.39, 0.29) is 11.6 Å². The Bertz CT molecular complexity index is 642. The van der Waals surface area contributed by atoms with Crippen molar-refractivity contribution >= 4 is 27.5 Å². The van der Waals surface area contributed by atoms with Gasteiger partial charge in [-0.15, -0.1) is 0 Å². The number of aryl methyl sites for hydroxylation is 3. The number of hydrogen-bond donors (Lipinski definition) is 1. The van der Waals surface area contributed by atoms with Gasteiger partial charge in [-0.3, -0.25) is 4.79 Å². The van der Waals surface area contributed by atoms with Crippen LogP contribution in [0, 0.1) is 20.8 Å². The first-order valence-corrected chi connectivity index (χ1v) is 6.73. The molecule has 0 saturated carbocycles. The van der Waals surface area contributed by atoms with Crippen molar-refractivity contribution in [3.05, 3.63) is 56.7 Å². The van der Waals surface area contributed by atoms with E-state index in [1.807, 2.05) is 32.9 Å². The molecule has 0 aliphatic carbocycles. The highest BCUT2D eigenvalue weighted by atomic mass is 79.9. The second kappa shape index (κ2) is 5.13. The predicted octanol–water partition coefficient (Wildman–Crippen LogP) is 3.58. The highest BCUT2D eigenvalue weighted by Gasteiger charge is 2.15. The lowest BCUT2D eigenvalue weighted by Crippen LogP contribution is -2.08. The maximum Gasteiger partial charge on any atom is 0.196 e. The number of nitrogens with zero attached hydrogens (tertiary/aromatic N) is 1. The maximum atomic E-state index is 12.5. The first-order chi connectivity index (χ1) is 8.90. The van der Waals surface area contributed by atoms with Gasteiger partial charge in [0.25, 0.3) is 0 Å².